The number of hydrogen-bond acceptors (Lipinski definition) is 2. The van der Waals surface area contributed by atoms with Crippen LogP contribution in [0.1, 0.15) is 12.1 Å². The molecule has 1 radical (unpaired) electrons. The Morgan fingerprint density at radius 2 is 2.13 bits per heavy atom. The van der Waals surface area contributed by atoms with Crippen molar-refractivity contribution in [1.29, 1.82) is 0 Å². The van der Waals surface area contributed by atoms with E-state index >= 15 is 0 Å². The van der Waals surface area contributed by atoms with Crippen molar-refractivity contribution < 1.29 is 13.2 Å². The molecule has 1 aromatic rings. The maximum Gasteiger partial charge on any atom is 0.435 e. The third-order valence-electron chi connectivity index (χ3n) is 2.35. The molecular weight excluding hydrogens is 205 g/mol. The standard InChI is InChI=1S/C10H10F3N2/c11-10(12,13)9-8(4-3-5-14-9)15-6-1-2-7-15/h1,3-5H,2,6-7H2. The van der Waals surface area contributed by atoms with Gasteiger partial charge in [-0.15, -0.1) is 0 Å². The average Bonchev–Trinajstić information content (AvgIpc) is 2.69. The summed E-state index contributed by atoms with van der Waals surface area (Å²) in [5.74, 6) is 0. The second-order valence-electron chi connectivity index (χ2n) is 3.39. The van der Waals surface area contributed by atoms with Crippen LogP contribution in [0.3, 0.4) is 0 Å². The van der Waals surface area contributed by atoms with Gasteiger partial charge in [-0.2, -0.15) is 13.2 Å². The largest absolute Gasteiger partial charge is 0.435 e. The van der Waals surface area contributed by atoms with Gasteiger partial charge in [-0.3, -0.25) is 0 Å². The van der Waals surface area contributed by atoms with E-state index in [2.05, 4.69) is 4.98 Å². The molecule has 0 spiro atoms. The van der Waals surface area contributed by atoms with Gasteiger partial charge in [-0.25, -0.2) is 4.98 Å². The number of aromatic nitrogens is 1. The third-order valence-corrected chi connectivity index (χ3v) is 2.35. The lowest BCUT2D eigenvalue weighted by atomic mass is 10.2. The van der Waals surface area contributed by atoms with Crippen molar-refractivity contribution in [2.75, 3.05) is 18.0 Å². The van der Waals surface area contributed by atoms with E-state index in [-0.39, 0.29) is 5.69 Å². The summed E-state index contributed by atoms with van der Waals surface area (Å²) in [5.41, 5.74) is -0.612. The molecule has 0 aromatic carbocycles. The van der Waals surface area contributed by atoms with Gasteiger partial charge in [0.25, 0.3) is 0 Å². The number of pyridine rings is 1. The highest BCUT2D eigenvalue weighted by Crippen LogP contribution is 2.35. The summed E-state index contributed by atoms with van der Waals surface area (Å²) in [5, 5.41) is 0. The smallest absolute Gasteiger partial charge is 0.369 e. The zero-order valence-corrected chi connectivity index (χ0v) is 7.96. The predicted octanol–water partition coefficient (Wildman–Crippen LogP) is 2.51. The second kappa shape index (κ2) is 3.72. The van der Waals surface area contributed by atoms with Crippen LogP contribution in [0.2, 0.25) is 0 Å². The molecule has 0 saturated carbocycles. The average molecular weight is 215 g/mol. The van der Waals surface area contributed by atoms with E-state index in [1.54, 1.807) is 4.90 Å². The van der Waals surface area contributed by atoms with Gasteiger partial charge in [-0.05, 0) is 25.0 Å². The van der Waals surface area contributed by atoms with Crippen molar-refractivity contribution in [3.8, 4) is 0 Å². The molecule has 0 aliphatic carbocycles. The van der Waals surface area contributed by atoms with E-state index in [1.165, 1.54) is 18.3 Å². The molecule has 1 aromatic heterocycles. The molecule has 1 fully saturated rings. The maximum absolute atomic E-state index is 12.6. The molecule has 2 nitrogen and oxygen atoms in total. The molecular formula is C10H10F3N2. The van der Waals surface area contributed by atoms with Gasteiger partial charge in [0.2, 0.25) is 0 Å². The second-order valence-corrected chi connectivity index (χ2v) is 3.39. The fraction of sp³-hybridized carbons (Fsp3) is 0.400. The van der Waals surface area contributed by atoms with Gasteiger partial charge in [0.05, 0.1) is 5.69 Å². The third kappa shape index (κ3) is 2.06. The minimum Gasteiger partial charge on any atom is -0.369 e. The summed E-state index contributed by atoms with van der Waals surface area (Å²) in [6.07, 6.45) is -0.412. The molecule has 0 N–H and O–H groups in total. The number of hydrogen-bond donors (Lipinski definition) is 0. The first-order valence-corrected chi connectivity index (χ1v) is 4.68. The number of halogens is 3. The minimum absolute atomic E-state index is 0.179. The van der Waals surface area contributed by atoms with Crippen LogP contribution in [0.4, 0.5) is 18.9 Å². The topological polar surface area (TPSA) is 16.1 Å². The zero-order valence-electron chi connectivity index (χ0n) is 7.96. The molecule has 0 unspecified atom stereocenters. The van der Waals surface area contributed by atoms with Gasteiger partial charge in [0.1, 0.15) is 0 Å². The molecule has 1 saturated heterocycles. The zero-order chi connectivity index (χ0) is 10.9. The van der Waals surface area contributed by atoms with Gasteiger partial charge < -0.3 is 4.90 Å². The van der Waals surface area contributed by atoms with Crippen molar-refractivity contribution in [3.05, 3.63) is 30.4 Å². The highest BCUT2D eigenvalue weighted by molar-refractivity contribution is 5.53. The molecule has 0 atom stereocenters. The first-order valence-electron chi connectivity index (χ1n) is 4.68. The summed E-state index contributed by atoms with van der Waals surface area (Å²) in [7, 11) is 0. The van der Waals surface area contributed by atoms with E-state index in [4.69, 9.17) is 0 Å². The van der Waals surface area contributed by atoms with Crippen LogP contribution in [-0.2, 0) is 6.18 Å². The number of nitrogens with zero attached hydrogens (tertiary/aromatic N) is 2. The van der Waals surface area contributed by atoms with E-state index in [0.717, 1.165) is 6.42 Å². The summed E-state index contributed by atoms with van der Waals surface area (Å²) < 4.78 is 37.8. The minimum atomic E-state index is -4.38. The lowest BCUT2D eigenvalue weighted by Gasteiger charge is -2.21. The molecule has 1 aliphatic heterocycles. The van der Waals surface area contributed by atoms with E-state index in [1.807, 2.05) is 6.42 Å². The Morgan fingerprint density at radius 1 is 1.33 bits per heavy atom. The summed E-state index contributed by atoms with van der Waals surface area (Å²) >= 11 is 0. The molecule has 2 heterocycles. The quantitative estimate of drug-likeness (QED) is 0.715. The fourth-order valence-corrected chi connectivity index (χ4v) is 1.67. The van der Waals surface area contributed by atoms with Gasteiger partial charge in [0.15, 0.2) is 5.69 Å². The van der Waals surface area contributed by atoms with Gasteiger partial charge >= 0.3 is 6.18 Å². The molecule has 15 heavy (non-hydrogen) atoms. The molecule has 1 aliphatic rings. The predicted molar refractivity (Wildman–Crippen MR) is 50.4 cm³/mol. The van der Waals surface area contributed by atoms with E-state index < -0.39 is 11.9 Å². The Kier molecular flexibility index (Phi) is 2.54. The Balaban J connectivity index is 2.37. The first-order chi connectivity index (χ1) is 7.09. The summed E-state index contributed by atoms with van der Waals surface area (Å²) in [6.45, 7) is 1.20. The van der Waals surface area contributed by atoms with Crippen LogP contribution in [0.25, 0.3) is 0 Å². The SMILES string of the molecule is FC(F)(F)c1ncccc1N1C[CH]CC1. The van der Waals surface area contributed by atoms with Crippen LogP contribution < -0.4 is 4.90 Å². The lowest BCUT2D eigenvalue weighted by molar-refractivity contribution is -0.140. The van der Waals surface area contributed by atoms with Crippen LogP contribution in [0.5, 0.6) is 0 Å². The van der Waals surface area contributed by atoms with Crippen LogP contribution in [-0.4, -0.2) is 18.1 Å². The Bertz CT molecular complexity index is 343. The van der Waals surface area contributed by atoms with Crippen molar-refractivity contribution in [2.24, 2.45) is 0 Å². The Morgan fingerprint density at radius 3 is 2.73 bits per heavy atom. The number of anilines is 1. The van der Waals surface area contributed by atoms with Crippen LogP contribution in [0.15, 0.2) is 18.3 Å². The molecule has 2 rings (SSSR count). The number of rotatable bonds is 1. The highest BCUT2D eigenvalue weighted by Gasteiger charge is 2.36. The van der Waals surface area contributed by atoms with E-state index in [0.29, 0.717) is 13.1 Å². The van der Waals surface area contributed by atoms with Crippen molar-refractivity contribution in [2.45, 2.75) is 12.6 Å². The van der Waals surface area contributed by atoms with Crippen molar-refractivity contribution in [3.63, 3.8) is 0 Å². The Hall–Kier alpha value is -1.26. The molecule has 0 amide bonds. The van der Waals surface area contributed by atoms with Crippen LogP contribution in [0, 0.1) is 6.42 Å². The molecule has 5 heteroatoms. The normalized spacial score (nSPS) is 17.1. The van der Waals surface area contributed by atoms with Crippen molar-refractivity contribution >= 4 is 5.69 Å². The van der Waals surface area contributed by atoms with Crippen LogP contribution >= 0.6 is 0 Å². The van der Waals surface area contributed by atoms with Gasteiger partial charge in [-0.1, -0.05) is 0 Å². The van der Waals surface area contributed by atoms with Gasteiger partial charge in [0, 0.05) is 19.3 Å². The van der Waals surface area contributed by atoms with Crippen molar-refractivity contribution in [1.82, 2.24) is 4.98 Å². The fourth-order valence-electron chi connectivity index (χ4n) is 1.67. The highest BCUT2D eigenvalue weighted by atomic mass is 19.4. The summed E-state index contributed by atoms with van der Waals surface area (Å²) in [6, 6.07) is 3.00. The lowest BCUT2D eigenvalue weighted by Crippen LogP contribution is -2.23. The maximum atomic E-state index is 12.6. The summed E-state index contributed by atoms with van der Waals surface area (Å²) in [4.78, 5) is 5.10. The number of alkyl halides is 3. The molecule has 0 bridgehead atoms. The van der Waals surface area contributed by atoms with E-state index in [9.17, 15) is 13.2 Å². The monoisotopic (exact) mass is 215 g/mol. The first kappa shape index (κ1) is 10.3. The molecule has 81 valence electrons. The Labute approximate surface area is 85.7 Å².